The number of amides is 1. The Morgan fingerprint density at radius 2 is 1.95 bits per heavy atom. The molecule has 20 heavy (non-hydrogen) atoms. The number of rotatable bonds is 5. The number of thiazole rings is 1. The van der Waals surface area contributed by atoms with Crippen molar-refractivity contribution in [1.82, 2.24) is 4.98 Å². The second-order valence-electron chi connectivity index (χ2n) is 4.20. The zero-order chi connectivity index (χ0) is 14.5. The summed E-state index contributed by atoms with van der Waals surface area (Å²) in [6.07, 6.45) is 1.11. The number of nitrogens with zero attached hydrogens (tertiary/aromatic N) is 1. The average molecular weight is 292 g/mol. The number of methoxy groups -OCH3 is 1. The lowest BCUT2D eigenvalue weighted by atomic mass is 10.3. The van der Waals surface area contributed by atoms with Crippen molar-refractivity contribution in [3.63, 3.8) is 0 Å². The van der Waals surface area contributed by atoms with E-state index in [2.05, 4.69) is 10.3 Å². The summed E-state index contributed by atoms with van der Waals surface area (Å²) in [5.74, 6) is 1.13. The first-order chi connectivity index (χ1) is 9.58. The van der Waals surface area contributed by atoms with Gasteiger partial charge in [-0.15, -0.1) is 11.3 Å². The van der Waals surface area contributed by atoms with Crippen LogP contribution in [0.3, 0.4) is 0 Å². The summed E-state index contributed by atoms with van der Waals surface area (Å²) in [5.41, 5.74) is 0. The summed E-state index contributed by atoms with van der Waals surface area (Å²) >= 11 is 1.43. The molecule has 1 aromatic carbocycles. The molecule has 0 unspecified atom stereocenters. The van der Waals surface area contributed by atoms with Crippen LogP contribution in [0, 0.1) is 6.92 Å². The van der Waals surface area contributed by atoms with Gasteiger partial charge in [0.05, 0.1) is 7.11 Å². The number of nitrogens with one attached hydrogen (secondary N) is 1. The molecule has 1 N–H and O–H groups in total. The first-order valence-electron chi connectivity index (χ1n) is 6.12. The van der Waals surface area contributed by atoms with Gasteiger partial charge < -0.3 is 9.47 Å². The van der Waals surface area contributed by atoms with E-state index in [1.54, 1.807) is 44.5 Å². The molecule has 5 nitrogen and oxygen atoms in total. The van der Waals surface area contributed by atoms with Crippen LogP contribution in [-0.4, -0.2) is 24.1 Å². The molecule has 1 aromatic heterocycles. The molecule has 0 aliphatic rings. The maximum Gasteiger partial charge on any atom is 0.266 e. The van der Waals surface area contributed by atoms with Crippen molar-refractivity contribution in [2.75, 3.05) is 12.4 Å². The van der Waals surface area contributed by atoms with Crippen LogP contribution < -0.4 is 14.8 Å². The van der Waals surface area contributed by atoms with Gasteiger partial charge in [-0.2, -0.15) is 0 Å². The number of anilines is 1. The lowest BCUT2D eigenvalue weighted by molar-refractivity contribution is -0.122. The Hall–Kier alpha value is -2.08. The van der Waals surface area contributed by atoms with E-state index in [9.17, 15) is 4.79 Å². The van der Waals surface area contributed by atoms with E-state index in [1.807, 2.05) is 6.92 Å². The summed E-state index contributed by atoms with van der Waals surface area (Å²) in [7, 11) is 1.60. The fourth-order valence-corrected chi connectivity index (χ4v) is 2.20. The van der Waals surface area contributed by atoms with Crippen LogP contribution in [0.25, 0.3) is 0 Å². The van der Waals surface area contributed by atoms with Crippen LogP contribution >= 0.6 is 11.3 Å². The summed E-state index contributed by atoms with van der Waals surface area (Å²) in [5, 5.41) is 3.31. The molecule has 0 saturated heterocycles. The Kier molecular flexibility index (Phi) is 4.57. The molecule has 2 aromatic rings. The van der Waals surface area contributed by atoms with Crippen LogP contribution in [0.15, 0.2) is 30.5 Å². The maximum atomic E-state index is 12.0. The van der Waals surface area contributed by atoms with Gasteiger partial charge in [0.25, 0.3) is 5.91 Å². The quantitative estimate of drug-likeness (QED) is 0.920. The van der Waals surface area contributed by atoms with Crippen molar-refractivity contribution in [1.29, 1.82) is 0 Å². The van der Waals surface area contributed by atoms with E-state index >= 15 is 0 Å². The summed E-state index contributed by atoms with van der Waals surface area (Å²) in [4.78, 5) is 17.1. The van der Waals surface area contributed by atoms with Crippen LogP contribution in [0.5, 0.6) is 11.5 Å². The largest absolute Gasteiger partial charge is 0.497 e. The zero-order valence-electron chi connectivity index (χ0n) is 11.5. The molecule has 1 atom stereocenters. The van der Waals surface area contributed by atoms with E-state index < -0.39 is 6.10 Å². The number of carbonyl (C=O) groups is 1. The number of aryl methyl sites for hydroxylation is 1. The Labute approximate surface area is 121 Å². The van der Waals surface area contributed by atoms with Gasteiger partial charge in [0, 0.05) is 11.1 Å². The standard InChI is InChI=1S/C14H16N2O3S/c1-9-8-15-14(20-9)16-13(17)10(2)19-12-6-4-11(18-3)5-7-12/h4-8,10H,1-3H3,(H,15,16,17)/t10-/m1/s1. The van der Waals surface area contributed by atoms with E-state index in [1.165, 1.54) is 11.3 Å². The third-order valence-corrected chi connectivity index (χ3v) is 3.42. The van der Waals surface area contributed by atoms with Gasteiger partial charge in [-0.1, -0.05) is 0 Å². The van der Waals surface area contributed by atoms with E-state index in [-0.39, 0.29) is 5.91 Å². The molecule has 106 valence electrons. The summed E-state index contributed by atoms with van der Waals surface area (Å²) in [6, 6.07) is 7.08. The highest BCUT2D eigenvalue weighted by Gasteiger charge is 2.16. The van der Waals surface area contributed by atoms with Gasteiger partial charge in [0.15, 0.2) is 11.2 Å². The van der Waals surface area contributed by atoms with Gasteiger partial charge in [-0.05, 0) is 38.1 Å². The van der Waals surface area contributed by atoms with Gasteiger partial charge in [-0.25, -0.2) is 4.98 Å². The maximum absolute atomic E-state index is 12.0. The molecule has 0 fully saturated rings. The first kappa shape index (κ1) is 14.3. The molecule has 2 rings (SSSR count). The highest BCUT2D eigenvalue weighted by atomic mass is 32.1. The van der Waals surface area contributed by atoms with E-state index in [0.29, 0.717) is 10.9 Å². The van der Waals surface area contributed by atoms with Crippen molar-refractivity contribution in [3.05, 3.63) is 35.3 Å². The van der Waals surface area contributed by atoms with Crippen molar-refractivity contribution < 1.29 is 14.3 Å². The Morgan fingerprint density at radius 1 is 1.30 bits per heavy atom. The zero-order valence-corrected chi connectivity index (χ0v) is 12.4. The SMILES string of the molecule is COc1ccc(O[C@H](C)C(=O)Nc2ncc(C)s2)cc1. The summed E-state index contributed by atoms with van der Waals surface area (Å²) < 4.78 is 10.6. The lowest BCUT2D eigenvalue weighted by Crippen LogP contribution is -2.30. The van der Waals surface area contributed by atoms with Crippen LogP contribution in [0.1, 0.15) is 11.8 Å². The van der Waals surface area contributed by atoms with E-state index in [4.69, 9.17) is 9.47 Å². The topological polar surface area (TPSA) is 60.5 Å². The normalized spacial score (nSPS) is 11.8. The molecular formula is C14H16N2O3S. The van der Waals surface area contributed by atoms with Crippen molar-refractivity contribution in [2.45, 2.75) is 20.0 Å². The summed E-state index contributed by atoms with van der Waals surface area (Å²) in [6.45, 7) is 3.63. The van der Waals surface area contributed by atoms with Gasteiger partial charge >= 0.3 is 0 Å². The molecule has 1 heterocycles. The van der Waals surface area contributed by atoms with Crippen molar-refractivity contribution in [3.8, 4) is 11.5 Å². The molecule has 0 aliphatic heterocycles. The minimum Gasteiger partial charge on any atom is -0.497 e. The number of aromatic nitrogens is 1. The molecule has 1 amide bonds. The number of benzene rings is 1. The third kappa shape index (κ3) is 3.71. The smallest absolute Gasteiger partial charge is 0.266 e. The number of hydrogen-bond donors (Lipinski definition) is 1. The Bertz CT molecular complexity index is 580. The minimum atomic E-state index is -0.604. The molecule has 0 aliphatic carbocycles. The molecule has 0 radical (unpaired) electrons. The highest BCUT2D eigenvalue weighted by Crippen LogP contribution is 2.20. The third-order valence-electron chi connectivity index (χ3n) is 2.59. The monoisotopic (exact) mass is 292 g/mol. The highest BCUT2D eigenvalue weighted by molar-refractivity contribution is 7.15. The molecule has 0 spiro atoms. The van der Waals surface area contributed by atoms with E-state index in [0.717, 1.165) is 10.6 Å². The van der Waals surface area contributed by atoms with Crippen LogP contribution in [-0.2, 0) is 4.79 Å². The van der Waals surface area contributed by atoms with Gasteiger partial charge in [-0.3, -0.25) is 10.1 Å². The fourth-order valence-electron chi connectivity index (χ4n) is 1.53. The predicted octanol–water partition coefficient (Wildman–Crippen LogP) is 2.87. The van der Waals surface area contributed by atoms with Gasteiger partial charge in [0.2, 0.25) is 0 Å². The first-order valence-corrected chi connectivity index (χ1v) is 6.94. The Morgan fingerprint density at radius 3 is 2.50 bits per heavy atom. The van der Waals surface area contributed by atoms with Crippen LogP contribution in [0.2, 0.25) is 0 Å². The number of ether oxygens (including phenoxy) is 2. The van der Waals surface area contributed by atoms with Gasteiger partial charge in [0.1, 0.15) is 11.5 Å². The number of hydrogen-bond acceptors (Lipinski definition) is 5. The molecular weight excluding hydrogens is 276 g/mol. The van der Waals surface area contributed by atoms with Crippen LogP contribution in [0.4, 0.5) is 5.13 Å². The minimum absolute atomic E-state index is 0.227. The Balaban J connectivity index is 1.92. The van der Waals surface area contributed by atoms with Crippen molar-refractivity contribution in [2.24, 2.45) is 0 Å². The predicted molar refractivity (Wildman–Crippen MR) is 78.6 cm³/mol. The molecule has 0 saturated carbocycles. The second-order valence-corrected chi connectivity index (χ2v) is 5.44. The van der Waals surface area contributed by atoms with Crippen molar-refractivity contribution >= 4 is 22.4 Å². The second kappa shape index (κ2) is 6.38. The molecule has 6 heteroatoms. The fraction of sp³-hybridized carbons (Fsp3) is 0.286. The lowest BCUT2D eigenvalue weighted by Gasteiger charge is -2.13. The number of carbonyl (C=O) groups excluding carboxylic acids is 1. The average Bonchev–Trinajstić information content (AvgIpc) is 2.85. The molecule has 0 bridgehead atoms.